The zero-order chi connectivity index (χ0) is 35.8. The molecule has 4 aliphatic rings. The molecule has 2 aliphatic carbocycles. The van der Waals surface area contributed by atoms with Crippen molar-refractivity contribution >= 4 is 33.0 Å². The first kappa shape index (κ1) is 36.2. The molecule has 0 aromatic heterocycles. The lowest BCUT2D eigenvalue weighted by Crippen LogP contribution is -2.28. The quantitative estimate of drug-likeness (QED) is 0.0701. The van der Waals surface area contributed by atoms with E-state index in [1.807, 2.05) is 0 Å². The molecule has 2 bridgehead atoms. The molecule has 6 rings (SSSR count). The highest BCUT2D eigenvalue weighted by atomic mass is 32.2. The van der Waals surface area contributed by atoms with Gasteiger partial charge in [-0.1, -0.05) is 55.9 Å². The number of likely N-dealkylation sites (N-methyl/N-ethyl adjacent to an activating group) is 1. The molecule has 3 atom stereocenters. The summed E-state index contributed by atoms with van der Waals surface area (Å²) >= 11 is 0. The molecule has 2 heterocycles. The van der Waals surface area contributed by atoms with Gasteiger partial charge < -0.3 is 4.90 Å². The van der Waals surface area contributed by atoms with Gasteiger partial charge in [0.1, 0.15) is 12.3 Å². The van der Waals surface area contributed by atoms with E-state index in [1.165, 1.54) is 41.4 Å². The average Bonchev–Trinajstić information content (AvgIpc) is 3.79. The summed E-state index contributed by atoms with van der Waals surface area (Å²) in [5, 5.41) is 0. The monoisotopic (exact) mass is 695 g/mol. The third-order valence-corrected chi connectivity index (χ3v) is 12.7. The molecular weight excluding hydrogens is 641 g/mol. The van der Waals surface area contributed by atoms with Crippen LogP contribution in [0.1, 0.15) is 103 Å². The molecule has 2 aromatic rings. The minimum absolute atomic E-state index is 0.0792. The molecular formula is C43H55N2O4S+. The predicted octanol–water partition coefficient (Wildman–Crippen LogP) is 9.55. The van der Waals surface area contributed by atoms with Crippen LogP contribution < -0.4 is 4.90 Å². The van der Waals surface area contributed by atoms with E-state index in [-0.39, 0.29) is 10.3 Å². The zero-order valence-electron chi connectivity index (χ0n) is 30.8. The number of carbonyl (C=O) groups excluding carboxylic acids is 1. The molecule has 2 aliphatic heterocycles. The van der Waals surface area contributed by atoms with Crippen molar-refractivity contribution in [3.05, 3.63) is 101 Å². The maximum Gasteiger partial charge on any atom is 0.294 e. The third kappa shape index (κ3) is 7.13. The maximum absolute atomic E-state index is 12.7. The summed E-state index contributed by atoms with van der Waals surface area (Å²) in [5.74, 6) is 2.67. The second-order valence-corrected chi connectivity index (χ2v) is 17.4. The van der Waals surface area contributed by atoms with Gasteiger partial charge in [-0.25, -0.2) is 0 Å². The molecule has 50 heavy (non-hydrogen) atoms. The van der Waals surface area contributed by atoms with Gasteiger partial charge >= 0.3 is 0 Å². The summed E-state index contributed by atoms with van der Waals surface area (Å²) in [6.07, 6.45) is 23.5. The van der Waals surface area contributed by atoms with Crippen LogP contribution in [0.25, 0.3) is 0 Å². The fraction of sp³-hybridized carbons (Fsp3) is 0.488. The number of rotatable bonds is 14. The Labute approximate surface area is 300 Å². The number of hydrogen-bond acceptors (Lipinski definition) is 4. The fourth-order valence-electron chi connectivity index (χ4n) is 9.01. The summed E-state index contributed by atoms with van der Waals surface area (Å²) < 4.78 is 35.9. The van der Waals surface area contributed by atoms with Crippen LogP contribution in [0.4, 0.5) is 11.4 Å². The van der Waals surface area contributed by atoms with Crippen molar-refractivity contribution in [2.24, 2.45) is 17.8 Å². The van der Waals surface area contributed by atoms with Crippen LogP contribution in [0.3, 0.4) is 0 Å². The summed E-state index contributed by atoms with van der Waals surface area (Å²) in [6.45, 7) is 14.7. The molecule has 0 saturated heterocycles. The van der Waals surface area contributed by atoms with E-state index in [0.717, 1.165) is 79.9 Å². The number of unbranched alkanes of at least 4 members (excludes halogenated alkanes) is 2. The number of allylic oxidation sites excluding steroid dienone is 8. The molecule has 6 nitrogen and oxygen atoms in total. The van der Waals surface area contributed by atoms with E-state index in [4.69, 9.17) is 0 Å². The van der Waals surface area contributed by atoms with Crippen molar-refractivity contribution in [3.8, 4) is 0 Å². The van der Waals surface area contributed by atoms with Crippen LogP contribution in [0, 0.1) is 24.7 Å². The van der Waals surface area contributed by atoms with Crippen LogP contribution in [0.15, 0.2) is 89.5 Å². The summed E-state index contributed by atoms with van der Waals surface area (Å²) in [5.41, 5.74) is 7.50. The van der Waals surface area contributed by atoms with Crippen molar-refractivity contribution in [3.63, 3.8) is 0 Å². The lowest BCUT2D eigenvalue weighted by Gasteiger charge is -2.25. The molecule has 1 fully saturated rings. The van der Waals surface area contributed by atoms with Crippen molar-refractivity contribution in [1.82, 2.24) is 0 Å². The van der Waals surface area contributed by atoms with Gasteiger partial charge in [0.15, 0.2) is 5.71 Å². The Kier molecular flexibility index (Phi) is 10.3. The van der Waals surface area contributed by atoms with E-state index in [2.05, 4.69) is 112 Å². The number of hydrogen-bond donors (Lipinski definition) is 1. The Morgan fingerprint density at radius 2 is 1.74 bits per heavy atom. The number of ketones is 1. The second kappa shape index (κ2) is 14.2. The molecule has 2 aromatic carbocycles. The van der Waals surface area contributed by atoms with Crippen LogP contribution in [0.2, 0.25) is 0 Å². The fourth-order valence-corrected chi connectivity index (χ4v) is 9.52. The number of aryl methyl sites for hydroxylation is 1. The van der Waals surface area contributed by atoms with Crippen molar-refractivity contribution in [2.75, 3.05) is 18.0 Å². The van der Waals surface area contributed by atoms with Crippen LogP contribution in [-0.2, 0) is 25.7 Å². The second-order valence-electron chi connectivity index (χ2n) is 15.9. The van der Waals surface area contributed by atoms with Gasteiger partial charge in [0, 0.05) is 60.3 Å². The number of anilines is 1. The first-order chi connectivity index (χ1) is 23.7. The minimum atomic E-state index is -4.29. The van der Waals surface area contributed by atoms with Crippen molar-refractivity contribution in [2.45, 2.75) is 109 Å². The summed E-state index contributed by atoms with van der Waals surface area (Å²) in [4.78, 5) is 14.8. The number of benzene rings is 2. The van der Waals surface area contributed by atoms with Gasteiger partial charge in [-0.2, -0.15) is 13.0 Å². The Bertz CT molecular complexity index is 1910. The molecule has 7 heteroatoms. The Balaban J connectivity index is 1.12. The Hall–Kier alpha value is -3.55. The van der Waals surface area contributed by atoms with Crippen molar-refractivity contribution in [1.29, 1.82) is 0 Å². The molecule has 1 N–H and O–H groups in total. The standard InChI is InChI=1S/C43H54N2O4S/c1-7-44-38-24-22-35(50(47,48)49)29-37(38)43(5,6)40(44)15-11-8-12-16-41-42(3,4)36-26-30(2)17-23-39(36)45(41)25-13-9-10-14-34(46)21-20-33-28-31-18-19-32(33)27-31/h8,11-12,15-19,22-24,26,29,31-33H,7,9-10,13-14,20-21,25,27-28H2,1-6H3/p+1/t31?,32-,33+/m0/s1. The van der Waals surface area contributed by atoms with Gasteiger partial charge in [0.25, 0.3) is 10.1 Å². The van der Waals surface area contributed by atoms with Gasteiger partial charge in [-0.15, -0.1) is 0 Å². The van der Waals surface area contributed by atoms with Crippen molar-refractivity contribution < 1.29 is 22.3 Å². The van der Waals surface area contributed by atoms with E-state index in [9.17, 15) is 17.8 Å². The number of carbonyl (C=O) groups is 1. The van der Waals surface area contributed by atoms with E-state index in [0.29, 0.717) is 12.2 Å². The highest BCUT2D eigenvalue weighted by Crippen LogP contribution is 2.48. The molecule has 0 amide bonds. The predicted molar refractivity (Wildman–Crippen MR) is 204 cm³/mol. The zero-order valence-corrected chi connectivity index (χ0v) is 31.6. The minimum Gasteiger partial charge on any atom is -0.344 e. The van der Waals surface area contributed by atoms with Crippen LogP contribution in [-0.4, -0.2) is 42.1 Å². The lowest BCUT2D eigenvalue weighted by molar-refractivity contribution is -0.438. The normalized spacial score (nSPS) is 24.0. The molecule has 0 spiro atoms. The molecule has 0 radical (unpaired) electrons. The SMILES string of the molecule is CCN1C(=CC=CC=CC2=[N+](CCCCCC(=O)CC[C@@H]3CC4C=C[C@H]3C4)c3ccc(C)cc3C2(C)C)C(C)(C)c2cc(S(=O)(=O)O)ccc21. The first-order valence-electron chi connectivity index (χ1n) is 18.6. The topological polar surface area (TPSA) is 77.7 Å². The smallest absolute Gasteiger partial charge is 0.294 e. The number of fused-ring (bicyclic) bond motifs is 4. The highest BCUT2D eigenvalue weighted by Gasteiger charge is 2.44. The lowest BCUT2D eigenvalue weighted by atomic mass is 9.81. The van der Waals surface area contributed by atoms with Crippen LogP contribution >= 0.6 is 0 Å². The molecule has 1 saturated carbocycles. The Morgan fingerprint density at radius 3 is 2.44 bits per heavy atom. The largest absolute Gasteiger partial charge is 0.344 e. The van der Waals surface area contributed by atoms with Gasteiger partial charge in [0.05, 0.1) is 10.3 Å². The number of Topliss-reactive ketones (excluding diaryl/α,β-unsaturated/α-hetero) is 1. The molecule has 266 valence electrons. The first-order valence-corrected chi connectivity index (χ1v) is 20.1. The average molecular weight is 696 g/mol. The van der Waals surface area contributed by atoms with E-state index < -0.39 is 15.5 Å². The summed E-state index contributed by atoms with van der Waals surface area (Å²) in [6, 6.07) is 11.6. The third-order valence-electron chi connectivity index (χ3n) is 11.8. The Morgan fingerprint density at radius 1 is 0.940 bits per heavy atom. The van der Waals surface area contributed by atoms with Gasteiger partial charge in [-0.05, 0) is 113 Å². The van der Waals surface area contributed by atoms with E-state index >= 15 is 0 Å². The van der Waals surface area contributed by atoms with E-state index in [1.54, 1.807) is 12.1 Å². The maximum atomic E-state index is 12.7. The van der Waals surface area contributed by atoms with Gasteiger partial charge in [-0.3, -0.25) is 9.35 Å². The van der Waals surface area contributed by atoms with Crippen LogP contribution in [0.5, 0.6) is 0 Å². The number of nitrogens with zero attached hydrogens (tertiary/aromatic N) is 2. The van der Waals surface area contributed by atoms with Gasteiger partial charge in [0.2, 0.25) is 5.69 Å². The molecule has 1 unspecified atom stereocenters. The highest BCUT2D eigenvalue weighted by molar-refractivity contribution is 7.85. The summed E-state index contributed by atoms with van der Waals surface area (Å²) in [7, 11) is -4.29.